The normalized spacial score (nSPS) is 18.1. The van der Waals surface area contributed by atoms with Crippen LogP contribution in [0.15, 0.2) is 29.2 Å². The van der Waals surface area contributed by atoms with Crippen LogP contribution >= 0.6 is 0 Å². The molecule has 1 aromatic rings. The van der Waals surface area contributed by atoms with Crippen molar-refractivity contribution in [3.05, 3.63) is 24.3 Å². The van der Waals surface area contributed by atoms with Crippen molar-refractivity contribution in [2.24, 2.45) is 5.92 Å². The van der Waals surface area contributed by atoms with Gasteiger partial charge < -0.3 is 9.84 Å². The minimum absolute atomic E-state index is 0.133. The van der Waals surface area contributed by atoms with Crippen LogP contribution in [0, 0.1) is 5.92 Å². The van der Waals surface area contributed by atoms with Gasteiger partial charge in [-0.25, -0.2) is 8.42 Å². The summed E-state index contributed by atoms with van der Waals surface area (Å²) in [6.45, 7) is 3.43. The molecule has 5 nitrogen and oxygen atoms in total. The lowest BCUT2D eigenvalue weighted by atomic mass is 10.00. The summed E-state index contributed by atoms with van der Waals surface area (Å²) in [7, 11) is -3.46. The van der Waals surface area contributed by atoms with Crippen molar-refractivity contribution in [3.8, 4) is 5.75 Å². The standard InChI is InChI=1S/C14H21NO4S/c1-2-19-13-4-3-5-14(10-13)20(17,18)15-8-6-12(11-16)7-9-15/h3-5,10,12,16H,2,6-9,11H2,1H3. The summed E-state index contributed by atoms with van der Waals surface area (Å²) < 4.78 is 31.9. The minimum atomic E-state index is -3.46. The van der Waals surface area contributed by atoms with E-state index < -0.39 is 10.0 Å². The molecule has 0 bridgehead atoms. The Bertz CT molecular complexity index is 536. The highest BCUT2D eigenvalue weighted by atomic mass is 32.2. The van der Waals surface area contributed by atoms with Gasteiger partial charge in [0.25, 0.3) is 0 Å². The highest BCUT2D eigenvalue weighted by Gasteiger charge is 2.29. The number of rotatable bonds is 5. The first-order chi connectivity index (χ1) is 9.57. The third kappa shape index (κ3) is 3.31. The average Bonchev–Trinajstić information content (AvgIpc) is 2.48. The number of hydrogen-bond acceptors (Lipinski definition) is 4. The molecule has 0 amide bonds. The molecule has 0 saturated carbocycles. The fourth-order valence-electron chi connectivity index (χ4n) is 2.37. The molecule has 0 unspecified atom stereocenters. The molecule has 0 aromatic heterocycles. The van der Waals surface area contributed by atoms with Crippen molar-refractivity contribution in [3.63, 3.8) is 0 Å². The van der Waals surface area contributed by atoms with E-state index in [0.29, 0.717) is 38.3 Å². The van der Waals surface area contributed by atoms with Crippen LogP contribution in [0.2, 0.25) is 0 Å². The van der Waals surface area contributed by atoms with Gasteiger partial charge in [-0.15, -0.1) is 0 Å². The fraction of sp³-hybridized carbons (Fsp3) is 0.571. The number of nitrogens with zero attached hydrogens (tertiary/aromatic N) is 1. The molecular weight excluding hydrogens is 278 g/mol. The third-order valence-electron chi connectivity index (χ3n) is 3.59. The number of ether oxygens (including phenoxy) is 1. The SMILES string of the molecule is CCOc1cccc(S(=O)(=O)N2CCC(CO)CC2)c1. The third-order valence-corrected chi connectivity index (χ3v) is 5.48. The van der Waals surface area contributed by atoms with Crippen molar-refractivity contribution in [2.75, 3.05) is 26.3 Å². The molecule has 6 heteroatoms. The van der Waals surface area contributed by atoms with Crippen LogP contribution in [-0.4, -0.2) is 44.1 Å². The zero-order chi connectivity index (χ0) is 14.6. The number of piperidine rings is 1. The Morgan fingerprint density at radius 3 is 2.65 bits per heavy atom. The highest BCUT2D eigenvalue weighted by molar-refractivity contribution is 7.89. The number of benzene rings is 1. The predicted molar refractivity (Wildman–Crippen MR) is 76.2 cm³/mol. The lowest BCUT2D eigenvalue weighted by Gasteiger charge is -2.30. The molecule has 2 rings (SSSR count). The Hall–Kier alpha value is -1.11. The number of aliphatic hydroxyl groups excluding tert-OH is 1. The maximum absolute atomic E-state index is 12.5. The second-order valence-corrected chi connectivity index (χ2v) is 6.88. The second-order valence-electron chi connectivity index (χ2n) is 4.94. The molecule has 0 radical (unpaired) electrons. The number of aliphatic hydroxyl groups is 1. The highest BCUT2D eigenvalue weighted by Crippen LogP contribution is 2.25. The van der Waals surface area contributed by atoms with E-state index in [1.165, 1.54) is 4.31 Å². The minimum Gasteiger partial charge on any atom is -0.494 e. The van der Waals surface area contributed by atoms with Crippen LogP contribution in [-0.2, 0) is 10.0 Å². The maximum atomic E-state index is 12.5. The van der Waals surface area contributed by atoms with Crippen molar-refractivity contribution in [1.29, 1.82) is 0 Å². The summed E-state index contributed by atoms with van der Waals surface area (Å²) in [5.74, 6) is 0.787. The van der Waals surface area contributed by atoms with E-state index in [1.807, 2.05) is 6.92 Å². The van der Waals surface area contributed by atoms with Crippen LogP contribution in [0.5, 0.6) is 5.75 Å². The van der Waals surface area contributed by atoms with Gasteiger partial charge in [0.1, 0.15) is 5.75 Å². The van der Waals surface area contributed by atoms with Gasteiger partial charge in [-0.1, -0.05) is 6.07 Å². The Kier molecular flexibility index (Phi) is 5.01. The first-order valence-electron chi connectivity index (χ1n) is 6.91. The smallest absolute Gasteiger partial charge is 0.243 e. The summed E-state index contributed by atoms with van der Waals surface area (Å²) in [6.07, 6.45) is 1.42. The van der Waals surface area contributed by atoms with E-state index in [-0.39, 0.29) is 17.4 Å². The van der Waals surface area contributed by atoms with Crippen molar-refractivity contribution in [2.45, 2.75) is 24.7 Å². The largest absolute Gasteiger partial charge is 0.494 e. The molecule has 1 aliphatic heterocycles. The second kappa shape index (κ2) is 6.56. The van der Waals surface area contributed by atoms with Crippen LogP contribution < -0.4 is 4.74 Å². The summed E-state index contributed by atoms with van der Waals surface area (Å²) >= 11 is 0. The average molecular weight is 299 g/mol. The van der Waals surface area contributed by atoms with Gasteiger partial charge in [0.2, 0.25) is 10.0 Å². The van der Waals surface area contributed by atoms with Crippen LogP contribution in [0.25, 0.3) is 0 Å². The molecule has 0 atom stereocenters. The summed E-state index contributed by atoms with van der Waals surface area (Å²) in [6, 6.07) is 6.60. The Balaban J connectivity index is 2.16. The van der Waals surface area contributed by atoms with Gasteiger partial charge >= 0.3 is 0 Å². The van der Waals surface area contributed by atoms with Gasteiger partial charge in [0, 0.05) is 25.8 Å². The van der Waals surface area contributed by atoms with Crippen molar-refractivity contribution < 1.29 is 18.3 Å². The lowest BCUT2D eigenvalue weighted by molar-refractivity contribution is 0.170. The molecule has 1 N–H and O–H groups in total. The van der Waals surface area contributed by atoms with E-state index in [0.717, 1.165) is 0 Å². The summed E-state index contributed by atoms with van der Waals surface area (Å²) in [5.41, 5.74) is 0. The van der Waals surface area contributed by atoms with Gasteiger partial charge in [0.05, 0.1) is 11.5 Å². The van der Waals surface area contributed by atoms with Crippen LogP contribution in [0.1, 0.15) is 19.8 Å². The van der Waals surface area contributed by atoms with E-state index in [1.54, 1.807) is 24.3 Å². The van der Waals surface area contributed by atoms with Gasteiger partial charge in [-0.3, -0.25) is 0 Å². The Morgan fingerprint density at radius 2 is 2.05 bits per heavy atom. The van der Waals surface area contributed by atoms with Gasteiger partial charge in [-0.2, -0.15) is 4.31 Å². The fourth-order valence-corrected chi connectivity index (χ4v) is 3.88. The number of hydrogen-bond donors (Lipinski definition) is 1. The molecule has 0 spiro atoms. The number of sulfonamides is 1. The van der Waals surface area contributed by atoms with Gasteiger partial charge in [0.15, 0.2) is 0 Å². The van der Waals surface area contributed by atoms with Crippen LogP contribution in [0.4, 0.5) is 0 Å². The van der Waals surface area contributed by atoms with E-state index in [2.05, 4.69) is 0 Å². The molecule has 112 valence electrons. The maximum Gasteiger partial charge on any atom is 0.243 e. The monoisotopic (exact) mass is 299 g/mol. The molecular formula is C14H21NO4S. The van der Waals surface area contributed by atoms with Gasteiger partial charge in [-0.05, 0) is 37.8 Å². The lowest BCUT2D eigenvalue weighted by Crippen LogP contribution is -2.39. The molecule has 1 heterocycles. The molecule has 1 fully saturated rings. The molecule has 20 heavy (non-hydrogen) atoms. The molecule has 1 saturated heterocycles. The first kappa shape index (κ1) is 15.3. The van der Waals surface area contributed by atoms with E-state index >= 15 is 0 Å². The zero-order valence-electron chi connectivity index (χ0n) is 11.7. The Labute approximate surface area is 120 Å². The zero-order valence-corrected chi connectivity index (χ0v) is 12.5. The van der Waals surface area contributed by atoms with Crippen molar-refractivity contribution in [1.82, 2.24) is 4.31 Å². The van der Waals surface area contributed by atoms with E-state index in [9.17, 15) is 8.42 Å². The predicted octanol–water partition coefficient (Wildman–Crippen LogP) is 1.48. The van der Waals surface area contributed by atoms with E-state index in [4.69, 9.17) is 9.84 Å². The molecule has 1 aromatic carbocycles. The summed E-state index contributed by atoms with van der Waals surface area (Å²) in [5, 5.41) is 9.11. The topological polar surface area (TPSA) is 66.8 Å². The quantitative estimate of drug-likeness (QED) is 0.894. The molecule has 1 aliphatic rings. The Morgan fingerprint density at radius 1 is 1.35 bits per heavy atom. The van der Waals surface area contributed by atoms with Crippen LogP contribution in [0.3, 0.4) is 0 Å². The summed E-state index contributed by atoms with van der Waals surface area (Å²) in [4.78, 5) is 0.269. The first-order valence-corrected chi connectivity index (χ1v) is 8.35. The molecule has 0 aliphatic carbocycles. The van der Waals surface area contributed by atoms with Crippen molar-refractivity contribution >= 4 is 10.0 Å².